The van der Waals surface area contributed by atoms with Crippen LogP contribution in [-0.4, -0.2) is 4.98 Å². The number of aromatic nitrogens is 1. The lowest BCUT2D eigenvalue weighted by Gasteiger charge is -2.00. The van der Waals surface area contributed by atoms with Gasteiger partial charge in [-0.05, 0) is 28.9 Å². The lowest BCUT2D eigenvalue weighted by atomic mass is 10.2. The molecule has 0 fully saturated rings. The summed E-state index contributed by atoms with van der Waals surface area (Å²) in [6, 6.07) is 3.85. The minimum atomic E-state index is 0.878. The molecule has 11 heavy (non-hydrogen) atoms. The molecule has 3 heteroatoms. The number of nitrogens with two attached hydrogens (primary N) is 1. The van der Waals surface area contributed by atoms with Gasteiger partial charge in [0, 0.05) is 28.1 Å². The van der Waals surface area contributed by atoms with Crippen LogP contribution >= 0.6 is 15.9 Å². The second-order valence-electron chi connectivity index (χ2n) is 2.15. The van der Waals surface area contributed by atoms with E-state index in [9.17, 15) is 0 Å². The van der Waals surface area contributed by atoms with E-state index in [-0.39, 0.29) is 0 Å². The third-order valence-corrected chi connectivity index (χ3v) is 2.10. The minimum Gasteiger partial charge on any atom is -0.404 e. The van der Waals surface area contributed by atoms with Crippen LogP contribution in [0.2, 0.25) is 0 Å². The number of rotatable bonds is 1. The van der Waals surface area contributed by atoms with Gasteiger partial charge < -0.3 is 5.73 Å². The van der Waals surface area contributed by atoms with Crippen molar-refractivity contribution in [2.75, 3.05) is 0 Å². The molecule has 2 nitrogen and oxygen atoms in total. The van der Waals surface area contributed by atoms with E-state index in [0.717, 1.165) is 15.7 Å². The number of hydrogen-bond donors (Lipinski definition) is 1. The lowest BCUT2D eigenvalue weighted by Crippen LogP contribution is -1.89. The van der Waals surface area contributed by atoms with Crippen LogP contribution in [0.5, 0.6) is 0 Å². The van der Waals surface area contributed by atoms with Crippen molar-refractivity contribution in [2.24, 2.45) is 5.73 Å². The Labute approximate surface area is 74.3 Å². The van der Waals surface area contributed by atoms with Gasteiger partial charge in [-0.25, -0.2) is 0 Å². The number of hydrogen-bond acceptors (Lipinski definition) is 2. The van der Waals surface area contributed by atoms with Gasteiger partial charge in [0.25, 0.3) is 0 Å². The SMILES string of the molecule is Cc1ncccc1/C(Br)=C\N. The summed E-state index contributed by atoms with van der Waals surface area (Å²) >= 11 is 3.33. The number of halogens is 1. The van der Waals surface area contributed by atoms with Crippen LogP contribution in [0.4, 0.5) is 0 Å². The predicted molar refractivity (Wildman–Crippen MR) is 50.1 cm³/mol. The lowest BCUT2D eigenvalue weighted by molar-refractivity contribution is 1.19. The molecule has 1 aromatic heterocycles. The Balaban J connectivity index is 3.14. The van der Waals surface area contributed by atoms with Crippen LogP contribution in [0.3, 0.4) is 0 Å². The molecule has 1 heterocycles. The van der Waals surface area contributed by atoms with Gasteiger partial charge in [-0.2, -0.15) is 0 Å². The van der Waals surface area contributed by atoms with Crippen molar-refractivity contribution in [3.05, 3.63) is 35.8 Å². The van der Waals surface area contributed by atoms with Gasteiger partial charge in [0.2, 0.25) is 0 Å². The largest absolute Gasteiger partial charge is 0.404 e. The van der Waals surface area contributed by atoms with E-state index in [1.165, 1.54) is 6.20 Å². The van der Waals surface area contributed by atoms with Crippen LogP contribution in [0.1, 0.15) is 11.3 Å². The first-order valence-corrected chi connectivity index (χ1v) is 4.04. The average Bonchev–Trinajstić information content (AvgIpc) is 2.04. The smallest absolute Gasteiger partial charge is 0.0456 e. The summed E-state index contributed by atoms with van der Waals surface area (Å²) in [6.07, 6.45) is 3.28. The maximum atomic E-state index is 5.34. The average molecular weight is 213 g/mol. The monoisotopic (exact) mass is 212 g/mol. The van der Waals surface area contributed by atoms with Gasteiger partial charge in [0.1, 0.15) is 0 Å². The van der Waals surface area contributed by atoms with E-state index in [2.05, 4.69) is 20.9 Å². The van der Waals surface area contributed by atoms with Crippen molar-refractivity contribution in [2.45, 2.75) is 6.92 Å². The molecule has 0 atom stereocenters. The molecule has 0 spiro atoms. The van der Waals surface area contributed by atoms with E-state index in [1.807, 2.05) is 19.1 Å². The Morgan fingerprint density at radius 3 is 3.00 bits per heavy atom. The van der Waals surface area contributed by atoms with E-state index in [0.29, 0.717) is 0 Å². The molecule has 0 saturated carbocycles. The van der Waals surface area contributed by atoms with Gasteiger partial charge in [-0.3, -0.25) is 4.98 Å². The van der Waals surface area contributed by atoms with Crippen LogP contribution in [-0.2, 0) is 0 Å². The highest BCUT2D eigenvalue weighted by Gasteiger charge is 1.99. The summed E-state index contributed by atoms with van der Waals surface area (Å²) < 4.78 is 0.878. The fourth-order valence-electron chi connectivity index (χ4n) is 0.826. The zero-order valence-corrected chi connectivity index (χ0v) is 7.80. The summed E-state index contributed by atoms with van der Waals surface area (Å²) in [5.74, 6) is 0. The Bertz CT molecular complexity index is 281. The first-order valence-electron chi connectivity index (χ1n) is 3.25. The second kappa shape index (κ2) is 3.53. The highest BCUT2D eigenvalue weighted by Crippen LogP contribution is 2.21. The van der Waals surface area contributed by atoms with Gasteiger partial charge in [-0.1, -0.05) is 6.07 Å². The van der Waals surface area contributed by atoms with Crippen molar-refractivity contribution >= 4 is 20.4 Å². The molecule has 0 amide bonds. The quantitative estimate of drug-likeness (QED) is 0.775. The van der Waals surface area contributed by atoms with Crippen LogP contribution in [0, 0.1) is 6.92 Å². The van der Waals surface area contributed by atoms with Gasteiger partial charge >= 0.3 is 0 Å². The number of aryl methyl sites for hydroxylation is 1. The Morgan fingerprint density at radius 1 is 1.73 bits per heavy atom. The van der Waals surface area contributed by atoms with Crippen LogP contribution < -0.4 is 5.73 Å². The molecule has 0 aromatic carbocycles. The zero-order chi connectivity index (χ0) is 8.27. The topological polar surface area (TPSA) is 38.9 Å². The van der Waals surface area contributed by atoms with Crippen LogP contribution in [0.25, 0.3) is 4.48 Å². The Hall–Kier alpha value is -0.830. The molecule has 0 radical (unpaired) electrons. The van der Waals surface area contributed by atoms with Gasteiger partial charge in [0.15, 0.2) is 0 Å². The van der Waals surface area contributed by atoms with Crippen molar-refractivity contribution in [1.82, 2.24) is 4.98 Å². The Kier molecular flexibility index (Phi) is 2.65. The highest BCUT2D eigenvalue weighted by molar-refractivity contribution is 9.15. The van der Waals surface area contributed by atoms with Crippen molar-refractivity contribution in [1.29, 1.82) is 0 Å². The molecule has 0 saturated heterocycles. The molecule has 0 aliphatic carbocycles. The first-order chi connectivity index (χ1) is 5.25. The van der Waals surface area contributed by atoms with E-state index < -0.39 is 0 Å². The molecule has 58 valence electrons. The standard InChI is InChI=1S/C8H9BrN2/c1-6-7(8(9)5-10)3-2-4-11-6/h2-5H,10H2,1H3/b8-5+. The first kappa shape index (κ1) is 8.27. The summed E-state index contributed by atoms with van der Waals surface area (Å²) in [6.45, 7) is 1.94. The fourth-order valence-corrected chi connectivity index (χ4v) is 1.25. The summed E-state index contributed by atoms with van der Waals surface area (Å²) in [5, 5.41) is 0. The van der Waals surface area contributed by atoms with E-state index in [4.69, 9.17) is 5.73 Å². The van der Waals surface area contributed by atoms with Gasteiger partial charge in [0.05, 0.1) is 0 Å². The van der Waals surface area contributed by atoms with Crippen molar-refractivity contribution in [3.63, 3.8) is 0 Å². The minimum absolute atomic E-state index is 0.878. The molecule has 2 N–H and O–H groups in total. The Morgan fingerprint density at radius 2 is 2.45 bits per heavy atom. The molecule has 0 aliphatic heterocycles. The number of pyridine rings is 1. The summed E-state index contributed by atoms with van der Waals surface area (Å²) in [4.78, 5) is 4.12. The predicted octanol–water partition coefficient (Wildman–Crippen LogP) is 2.04. The van der Waals surface area contributed by atoms with Crippen molar-refractivity contribution < 1.29 is 0 Å². The van der Waals surface area contributed by atoms with Crippen LogP contribution in [0.15, 0.2) is 24.5 Å². The van der Waals surface area contributed by atoms with E-state index >= 15 is 0 Å². The number of nitrogens with zero attached hydrogens (tertiary/aromatic N) is 1. The normalized spacial score (nSPS) is 11.6. The third kappa shape index (κ3) is 1.80. The molecule has 0 bridgehead atoms. The third-order valence-electron chi connectivity index (χ3n) is 1.41. The molecular weight excluding hydrogens is 204 g/mol. The van der Waals surface area contributed by atoms with E-state index in [1.54, 1.807) is 6.20 Å². The second-order valence-corrected chi connectivity index (χ2v) is 3.01. The molecule has 0 unspecified atom stereocenters. The summed E-state index contributed by atoms with van der Waals surface area (Å²) in [5.41, 5.74) is 7.35. The van der Waals surface area contributed by atoms with Crippen molar-refractivity contribution in [3.8, 4) is 0 Å². The molecule has 1 aromatic rings. The highest BCUT2D eigenvalue weighted by atomic mass is 79.9. The maximum Gasteiger partial charge on any atom is 0.0456 e. The zero-order valence-electron chi connectivity index (χ0n) is 6.21. The molecule has 1 rings (SSSR count). The molecular formula is C8H9BrN2. The van der Waals surface area contributed by atoms with Gasteiger partial charge in [-0.15, -0.1) is 0 Å². The summed E-state index contributed by atoms with van der Waals surface area (Å²) in [7, 11) is 0. The molecule has 0 aliphatic rings. The fraction of sp³-hybridized carbons (Fsp3) is 0.125. The maximum absolute atomic E-state index is 5.34.